The van der Waals surface area contributed by atoms with E-state index in [1.807, 2.05) is 0 Å². The number of amides is 1. The highest BCUT2D eigenvalue weighted by Gasteiger charge is 2.49. The lowest BCUT2D eigenvalue weighted by atomic mass is 9.96. The zero-order chi connectivity index (χ0) is 30.1. The van der Waals surface area contributed by atoms with E-state index < -0.39 is 21.4 Å². The molecule has 2 aromatic carbocycles. The van der Waals surface area contributed by atoms with E-state index in [4.69, 9.17) is 25.9 Å². The second-order valence-corrected chi connectivity index (χ2v) is 12.8. The van der Waals surface area contributed by atoms with Gasteiger partial charge in [-0.15, -0.1) is 0 Å². The molecule has 224 valence electrons. The molecular weight excluding hydrogens is 583 g/mol. The number of nitrogens with zero attached hydrogens (tertiary/aromatic N) is 3. The summed E-state index contributed by atoms with van der Waals surface area (Å²) in [6.45, 7) is 3.77. The van der Waals surface area contributed by atoms with E-state index in [0.717, 1.165) is 25.7 Å². The second-order valence-electron chi connectivity index (χ2n) is 10.8. The standard InChI is InChI=1S/C30H34ClFN4O5S/c1-4-5-12-26-33-30(13-8-9-14-30)29(37)36(26)17-20-15-21(18-40-3)23(16-24(20)32)22-10-6-7-11-25(22)42(38,39)35-28-27(31)19(2)41-34-28/h6-7,10-11,15-16H,4-5,8-9,12-14,17-18H2,1-3H3,(H,34,35). The van der Waals surface area contributed by atoms with E-state index in [9.17, 15) is 13.2 Å². The topological polar surface area (TPSA) is 114 Å². The molecule has 0 radical (unpaired) electrons. The number of methoxy groups -OCH3 is 1. The van der Waals surface area contributed by atoms with Crippen LogP contribution in [0.2, 0.25) is 5.02 Å². The highest BCUT2D eigenvalue weighted by atomic mass is 35.5. The molecule has 9 nitrogen and oxygen atoms in total. The minimum Gasteiger partial charge on any atom is -0.380 e. The number of halogens is 2. The fourth-order valence-corrected chi connectivity index (χ4v) is 7.12. The summed E-state index contributed by atoms with van der Waals surface area (Å²) >= 11 is 6.14. The first kappa shape index (κ1) is 30.2. The lowest BCUT2D eigenvalue weighted by Gasteiger charge is -2.24. The van der Waals surface area contributed by atoms with Crippen molar-refractivity contribution in [2.45, 2.75) is 82.4 Å². The molecule has 5 rings (SSSR count). The van der Waals surface area contributed by atoms with Gasteiger partial charge in [0.25, 0.3) is 15.9 Å². The molecule has 1 aromatic heterocycles. The Morgan fingerprint density at radius 2 is 1.90 bits per heavy atom. The first-order chi connectivity index (χ1) is 20.1. The Balaban J connectivity index is 1.52. The summed E-state index contributed by atoms with van der Waals surface area (Å²) in [4.78, 5) is 20.1. The van der Waals surface area contributed by atoms with Crippen LogP contribution in [0, 0.1) is 12.7 Å². The van der Waals surface area contributed by atoms with Crippen LogP contribution in [0.3, 0.4) is 0 Å². The molecule has 1 fully saturated rings. The number of carbonyl (C=O) groups is 1. The number of nitrogens with one attached hydrogen (secondary N) is 1. The normalized spacial score (nSPS) is 16.5. The van der Waals surface area contributed by atoms with E-state index in [-0.39, 0.29) is 46.1 Å². The van der Waals surface area contributed by atoms with Crippen LogP contribution in [0.15, 0.2) is 50.8 Å². The van der Waals surface area contributed by atoms with Crippen molar-refractivity contribution in [2.24, 2.45) is 4.99 Å². The number of anilines is 1. The molecule has 0 saturated heterocycles. The predicted molar refractivity (Wildman–Crippen MR) is 158 cm³/mol. The molecule has 2 aliphatic rings. The van der Waals surface area contributed by atoms with Gasteiger partial charge in [0.15, 0.2) is 5.76 Å². The maximum absolute atomic E-state index is 15.9. The maximum atomic E-state index is 15.9. The summed E-state index contributed by atoms with van der Waals surface area (Å²) in [6, 6.07) is 9.21. The number of aromatic nitrogens is 1. The third-order valence-corrected chi connectivity index (χ3v) is 9.71. The Morgan fingerprint density at radius 3 is 2.57 bits per heavy atom. The monoisotopic (exact) mass is 616 g/mol. The number of hydrogen-bond acceptors (Lipinski definition) is 7. The van der Waals surface area contributed by atoms with Crippen molar-refractivity contribution >= 4 is 39.2 Å². The van der Waals surface area contributed by atoms with Crippen LogP contribution >= 0.6 is 11.6 Å². The number of aliphatic imine (C=N–C) groups is 1. The van der Waals surface area contributed by atoms with Crippen LogP contribution in [0.5, 0.6) is 0 Å². The van der Waals surface area contributed by atoms with Gasteiger partial charge in [0.2, 0.25) is 5.82 Å². The number of ether oxygens (including phenoxy) is 1. The molecule has 0 bridgehead atoms. The Morgan fingerprint density at radius 1 is 1.17 bits per heavy atom. The highest BCUT2D eigenvalue weighted by Crippen LogP contribution is 2.41. The molecule has 2 heterocycles. The van der Waals surface area contributed by atoms with Crippen LogP contribution in [0.25, 0.3) is 11.1 Å². The molecule has 1 aliphatic heterocycles. The van der Waals surface area contributed by atoms with Gasteiger partial charge in [-0.25, -0.2) is 12.8 Å². The van der Waals surface area contributed by atoms with Gasteiger partial charge < -0.3 is 9.26 Å². The molecule has 0 atom stereocenters. The molecule has 1 aliphatic carbocycles. The Labute approximate surface area is 250 Å². The molecule has 42 heavy (non-hydrogen) atoms. The minimum absolute atomic E-state index is 0.0392. The quantitative estimate of drug-likeness (QED) is 0.258. The number of sulfonamides is 1. The maximum Gasteiger partial charge on any atom is 0.263 e. The first-order valence-corrected chi connectivity index (χ1v) is 15.9. The van der Waals surface area contributed by atoms with E-state index in [0.29, 0.717) is 41.8 Å². The summed E-state index contributed by atoms with van der Waals surface area (Å²) in [7, 11) is -2.69. The molecule has 1 spiro atoms. The minimum atomic E-state index is -4.20. The van der Waals surface area contributed by atoms with Crippen molar-refractivity contribution in [1.29, 1.82) is 0 Å². The van der Waals surface area contributed by atoms with Crippen LogP contribution in [0.4, 0.5) is 10.2 Å². The second kappa shape index (κ2) is 12.1. The van der Waals surface area contributed by atoms with Gasteiger partial charge in [-0.3, -0.25) is 19.4 Å². The Hall–Kier alpha value is -3.28. The molecule has 0 unspecified atom stereocenters. The summed E-state index contributed by atoms with van der Waals surface area (Å²) in [5, 5.41) is 3.73. The average Bonchev–Trinajstić information content (AvgIpc) is 3.64. The SMILES string of the molecule is CCCCC1=NC2(CCCC2)C(=O)N1Cc1cc(COC)c(-c2ccccc2S(=O)(=O)Nc2noc(C)c2Cl)cc1F. The fourth-order valence-electron chi connectivity index (χ4n) is 5.71. The van der Waals surface area contributed by atoms with E-state index in [1.54, 1.807) is 36.1 Å². The average molecular weight is 617 g/mol. The van der Waals surface area contributed by atoms with Crippen LogP contribution < -0.4 is 4.72 Å². The van der Waals surface area contributed by atoms with Gasteiger partial charge in [-0.1, -0.05) is 61.1 Å². The van der Waals surface area contributed by atoms with Crippen LogP contribution in [-0.4, -0.2) is 42.9 Å². The number of rotatable bonds is 11. The summed E-state index contributed by atoms with van der Waals surface area (Å²) < 4.78 is 55.6. The third-order valence-electron chi connectivity index (χ3n) is 7.87. The predicted octanol–water partition coefficient (Wildman–Crippen LogP) is 6.63. The number of unbranched alkanes of at least 4 members (excludes halogenated alkanes) is 1. The number of carbonyl (C=O) groups excluding carboxylic acids is 1. The van der Waals surface area contributed by atoms with Gasteiger partial charge >= 0.3 is 0 Å². The first-order valence-electron chi connectivity index (χ1n) is 14.0. The fraction of sp³-hybridized carbons (Fsp3) is 0.433. The van der Waals surface area contributed by atoms with Crippen molar-refractivity contribution in [1.82, 2.24) is 10.1 Å². The smallest absolute Gasteiger partial charge is 0.263 e. The molecule has 1 N–H and O–H groups in total. The third kappa shape index (κ3) is 5.69. The van der Waals surface area contributed by atoms with Gasteiger partial charge in [0.05, 0.1) is 18.0 Å². The Kier molecular flexibility index (Phi) is 8.73. The van der Waals surface area contributed by atoms with E-state index >= 15 is 4.39 Å². The van der Waals surface area contributed by atoms with E-state index in [2.05, 4.69) is 16.8 Å². The zero-order valence-electron chi connectivity index (χ0n) is 23.9. The molecule has 12 heteroatoms. The number of amidine groups is 1. The number of aryl methyl sites for hydroxylation is 1. The van der Waals surface area contributed by atoms with Crippen LogP contribution in [-0.2, 0) is 32.7 Å². The molecule has 1 saturated carbocycles. The highest BCUT2D eigenvalue weighted by molar-refractivity contribution is 7.92. The van der Waals surface area contributed by atoms with Gasteiger partial charge in [0.1, 0.15) is 22.2 Å². The lowest BCUT2D eigenvalue weighted by Crippen LogP contribution is -2.40. The van der Waals surface area contributed by atoms with Crippen LogP contribution in [0.1, 0.15) is 68.8 Å². The van der Waals surface area contributed by atoms with Gasteiger partial charge in [0, 0.05) is 24.7 Å². The van der Waals surface area contributed by atoms with Crippen molar-refractivity contribution in [3.05, 3.63) is 64.1 Å². The molecule has 3 aromatic rings. The lowest BCUT2D eigenvalue weighted by molar-refractivity contribution is -0.131. The van der Waals surface area contributed by atoms with Gasteiger partial charge in [-0.05, 0) is 55.5 Å². The summed E-state index contributed by atoms with van der Waals surface area (Å²) in [6.07, 6.45) is 5.82. The van der Waals surface area contributed by atoms with Crippen molar-refractivity contribution in [2.75, 3.05) is 11.8 Å². The van der Waals surface area contributed by atoms with Crippen molar-refractivity contribution in [3.8, 4) is 11.1 Å². The summed E-state index contributed by atoms with van der Waals surface area (Å²) in [5.41, 5.74) is 0.774. The number of hydrogen-bond donors (Lipinski definition) is 1. The van der Waals surface area contributed by atoms with Gasteiger partial charge in [-0.2, -0.15) is 0 Å². The van der Waals surface area contributed by atoms with E-state index in [1.165, 1.54) is 19.2 Å². The van der Waals surface area contributed by atoms with Crippen molar-refractivity contribution < 1.29 is 26.9 Å². The Bertz CT molecular complexity index is 1630. The molecular formula is C30H34ClFN4O5S. The summed E-state index contributed by atoms with van der Waals surface area (Å²) in [5.74, 6) is 0.214. The molecule has 1 amide bonds. The zero-order valence-corrected chi connectivity index (χ0v) is 25.4. The van der Waals surface area contributed by atoms with Crippen molar-refractivity contribution in [3.63, 3.8) is 0 Å². The largest absolute Gasteiger partial charge is 0.380 e. The number of benzene rings is 2.